The van der Waals surface area contributed by atoms with Crippen LogP contribution in [0.3, 0.4) is 0 Å². The van der Waals surface area contributed by atoms with Gasteiger partial charge in [0.1, 0.15) is 23.1 Å². The first-order chi connectivity index (χ1) is 18.4. The molecular weight excluding hydrogens is 502 g/mol. The van der Waals surface area contributed by atoms with Gasteiger partial charge in [-0.3, -0.25) is 19.2 Å². The van der Waals surface area contributed by atoms with Crippen molar-refractivity contribution in [3.63, 3.8) is 0 Å². The third-order valence-electron chi connectivity index (χ3n) is 6.77. The summed E-state index contributed by atoms with van der Waals surface area (Å²) in [5.41, 5.74) is 1.99. The van der Waals surface area contributed by atoms with E-state index >= 15 is 0 Å². The summed E-state index contributed by atoms with van der Waals surface area (Å²) in [6.45, 7) is 6.33. The molecule has 3 rings (SSSR count). The van der Waals surface area contributed by atoms with Gasteiger partial charge in [0.05, 0.1) is 11.1 Å². The largest absolute Gasteiger partial charge is 0.535 e. The molecule has 0 aliphatic carbocycles. The number of Topliss-reactive ketones (excluding diaryl/α,β-unsaturated/α-hetero) is 4. The van der Waals surface area contributed by atoms with Crippen LogP contribution in [0.5, 0.6) is 11.5 Å². The first kappa shape index (κ1) is 31.9. The lowest BCUT2D eigenvalue weighted by Crippen LogP contribution is -2.35. The summed E-state index contributed by atoms with van der Waals surface area (Å²) < 4.78 is 5.46. The van der Waals surface area contributed by atoms with Gasteiger partial charge in [0.15, 0.2) is 11.6 Å². The molecule has 0 aromatic heterocycles. The summed E-state index contributed by atoms with van der Waals surface area (Å²) in [6, 6.07) is 10.1. The zero-order valence-electron chi connectivity index (χ0n) is 22.8. The van der Waals surface area contributed by atoms with E-state index in [-0.39, 0.29) is 53.1 Å². The number of para-hydroxylation sites is 2. The Morgan fingerprint density at radius 1 is 0.974 bits per heavy atom. The highest BCUT2D eigenvalue weighted by Crippen LogP contribution is 2.36. The van der Waals surface area contributed by atoms with Gasteiger partial charge in [-0.25, -0.2) is 0 Å². The summed E-state index contributed by atoms with van der Waals surface area (Å²) in [4.78, 5) is 45.8. The van der Waals surface area contributed by atoms with Crippen molar-refractivity contribution in [3.05, 3.63) is 58.7 Å². The number of aromatic hydroxyl groups is 1. The van der Waals surface area contributed by atoms with E-state index in [9.17, 15) is 39.4 Å². The van der Waals surface area contributed by atoms with Crippen LogP contribution in [0.4, 0.5) is 0 Å². The summed E-state index contributed by atoms with van der Waals surface area (Å²) in [5, 5.41) is 38.7. The maximum Gasteiger partial charge on any atom is 0.526 e. The van der Waals surface area contributed by atoms with Gasteiger partial charge in [-0.1, -0.05) is 38.1 Å². The van der Waals surface area contributed by atoms with E-state index in [1.165, 1.54) is 19.9 Å². The highest BCUT2D eigenvalue weighted by atomic mass is 16.5. The predicted molar refractivity (Wildman–Crippen MR) is 148 cm³/mol. The minimum Gasteiger partial charge on any atom is -0.535 e. The molecule has 2 aromatic carbocycles. The van der Waals surface area contributed by atoms with Crippen molar-refractivity contribution < 1.29 is 44.0 Å². The van der Waals surface area contributed by atoms with Gasteiger partial charge in [0.2, 0.25) is 0 Å². The second kappa shape index (κ2) is 14.8. The Kier molecular flexibility index (Phi) is 12.1. The quantitative estimate of drug-likeness (QED) is 0.249. The number of phenolic OH excluding ortho intramolecular Hbond substituents is 1. The number of benzene rings is 2. The summed E-state index contributed by atoms with van der Waals surface area (Å²) in [5.74, 6) is -0.957. The molecule has 0 saturated heterocycles. The second-order valence-corrected chi connectivity index (χ2v) is 9.76. The van der Waals surface area contributed by atoms with E-state index in [0.29, 0.717) is 42.6 Å². The molecule has 1 aliphatic rings. The lowest BCUT2D eigenvalue weighted by atomic mass is 9.64. The molecular formula is C28H36B2O9. The van der Waals surface area contributed by atoms with E-state index in [0.717, 1.165) is 5.56 Å². The van der Waals surface area contributed by atoms with Crippen molar-refractivity contribution in [3.8, 4) is 11.5 Å². The topological polar surface area (TPSA) is 158 Å². The molecule has 0 radical (unpaired) electrons. The number of hydrogen-bond donors (Lipinski definition) is 4. The maximum atomic E-state index is 11.5. The van der Waals surface area contributed by atoms with Crippen LogP contribution < -0.4 is 4.65 Å². The lowest BCUT2D eigenvalue weighted by Gasteiger charge is -2.28. The fourth-order valence-electron chi connectivity index (χ4n) is 4.41. The minimum atomic E-state index is -1.65. The number of hydrogen-bond acceptors (Lipinski definition) is 9. The number of phenols is 1. The van der Waals surface area contributed by atoms with Gasteiger partial charge in [0, 0.05) is 37.3 Å². The number of ketones is 4. The number of carbonyl (C=O) groups excluding carboxylic acids is 4. The average Bonchev–Trinajstić information content (AvgIpc) is 2.89. The van der Waals surface area contributed by atoms with Gasteiger partial charge in [-0.15, -0.1) is 0 Å². The highest BCUT2D eigenvalue weighted by Gasteiger charge is 2.37. The first-order valence-corrected chi connectivity index (χ1v) is 13.1. The predicted octanol–water partition coefficient (Wildman–Crippen LogP) is 3.39. The fraction of sp³-hybridized carbons (Fsp3) is 0.429. The Morgan fingerprint density at radius 2 is 1.56 bits per heavy atom. The van der Waals surface area contributed by atoms with Gasteiger partial charge in [-0.05, 0) is 49.9 Å². The fourth-order valence-corrected chi connectivity index (χ4v) is 4.41. The molecule has 1 aliphatic heterocycles. The van der Waals surface area contributed by atoms with E-state index in [1.807, 2.05) is 6.07 Å². The summed E-state index contributed by atoms with van der Waals surface area (Å²) in [6.07, 6.45) is 1.80. The van der Waals surface area contributed by atoms with Crippen LogP contribution in [0.25, 0.3) is 0 Å². The minimum absolute atomic E-state index is 0.0257. The molecule has 208 valence electrons. The highest BCUT2D eigenvalue weighted by molar-refractivity contribution is 6.47. The molecule has 2 aromatic rings. The molecule has 0 fully saturated rings. The number of fused-ring (bicyclic) bond motifs is 1. The Hall–Kier alpha value is -3.27. The third kappa shape index (κ3) is 8.88. The van der Waals surface area contributed by atoms with Crippen molar-refractivity contribution in [1.29, 1.82) is 0 Å². The van der Waals surface area contributed by atoms with E-state index in [4.69, 9.17) is 4.65 Å². The molecule has 4 N–H and O–H groups in total. The van der Waals surface area contributed by atoms with Crippen molar-refractivity contribution >= 4 is 37.4 Å². The lowest BCUT2D eigenvalue weighted by molar-refractivity contribution is -0.119. The molecule has 1 heterocycles. The smallest absolute Gasteiger partial charge is 0.526 e. The molecule has 0 bridgehead atoms. The summed E-state index contributed by atoms with van der Waals surface area (Å²) in [7, 11) is -2.67. The molecule has 0 amide bonds. The zero-order chi connectivity index (χ0) is 29.3. The van der Waals surface area contributed by atoms with Crippen molar-refractivity contribution in [1.82, 2.24) is 0 Å². The Labute approximate surface area is 229 Å². The van der Waals surface area contributed by atoms with Crippen molar-refractivity contribution in [2.75, 3.05) is 0 Å². The van der Waals surface area contributed by atoms with Gasteiger partial charge in [-0.2, -0.15) is 0 Å². The molecule has 39 heavy (non-hydrogen) atoms. The van der Waals surface area contributed by atoms with Crippen molar-refractivity contribution in [2.45, 2.75) is 77.9 Å². The number of rotatable bonds is 11. The first-order valence-electron chi connectivity index (χ1n) is 13.1. The van der Waals surface area contributed by atoms with Gasteiger partial charge >= 0.3 is 14.2 Å². The Bertz CT molecular complexity index is 1200. The van der Waals surface area contributed by atoms with Crippen LogP contribution in [0.1, 0.15) is 85.2 Å². The molecule has 9 nitrogen and oxygen atoms in total. The van der Waals surface area contributed by atoms with E-state index in [2.05, 4.69) is 0 Å². The van der Waals surface area contributed by atoms with Crippen LogP contribution in [-0.2, 0) is 22.4 Å². The zero-order valence-corrected chi connectivity index (χ0v) is 22.8. The van der Waals surface area contributed by atoms with E-state index < -0.39 is 20.1 Å². The second-order valence-electron chi connectivity index (χ2n) is 9.76. The van der Waals surface area contributed by atoms with Crippen LogP contribution in [0.15, 0.2) is 36.4 Å². The standard InChI is InChI=1S/C14H19BO5.C14H17BO4/c1-3-12(17)8-11(15(19)20)7-10-5-4-6-13(9(2)16)14(10)18;1-3-12(17)8-11-7-10-5-4-6-13(9(2)16)14(10)19-15(11)18/h4-6,11,18-20H,3,7-8H2,1-2H3;4-6,11,18H,3,7-8H2,1-2H3. The average molecular weight is 538 g/mol. The number of carbonyl (C=O) groups is 4. The van der Waals surface area contributed by atoms with E-state index in [1.54, 1.807) is 38.1 Å². The molecule has 0 spiro atoms. The maximum absolute atomic E-state index is 11.5. The Balaban J connectivity index is 0.000000274. The van der Waals surface area contributed by atoms with Crippen LogP contribution in [0, 0.1) is 0 Å². The SMILES string of the molecule is CCC(=O)CC(Cc1cccc(C(C)=O)c1O)B(O)O.CCC(=O)CC1Cc2cccc(C(C)=O)c2OB1O. The third-order valence-corrected chi connectivity index (χ3v) is 6.77. The van der Waals surface area contributed by atoms with Gasteiger partial charge in [0.25, 0.3) is 0 Å². The Morgan fingerprint density at radius 3 is 2.13 bits per heavy atom. The molecule has 0 saturated carbocycles. The summed E-state index contributed by atoms with van der Waals surface area (Å²) >= 11 is 0. The van der Waals surface area contributed by atoms with Crippen LogP contribution >= 0.6 is 0 Å². The molecule has 11 heteroatoms. The van der Waals surface area contributed by atoms with Crippen LogP contribution in [0.2, 0.25) is 11.6 Å². The monoisotopic (exact) mass is 538 g/mol. The normalized spacial score (nSPS) is 14.7. The van der Waals surface area contributed by atoms with Crippen molar-refractivity contribution in [2.24, 2.45) is 0 Å². The molecule has 2 atom stereocenters. The van der Waals surface area contributed by atoms with Crippen LogP contribution in [-0.4, -0.2) is 57.5 Å². The van der Waals surface area contributed by atoms with Gasteiger partial charge < -0.3 is 24.8 Å². The molecule has 2 unspecified atom stereocenters.